The van der Waals surface area contributed by atoms with E-state index >= 15 is 0 Å². The van der Waals surface area contributed by atoms with E-state index in [0.29, 0.717) is 23.6 Å². The van der Waals surface area contributed by atoms with Crippen molar-refractivity contribution in [1.29, 1.82) is 5.26 Å². The van der Waals surface area contributed by atoms with Crippen molar-refractivity contribution >= 4 is 22.4 Å². The van der Waals surface area contributed by atoms with E-state index in [2.05, 4.69) is 20.9 Å². The maximum Gasteiger partial charge on any atom is 0.191 e. The second-order valence-electron chi connectivity index (χ2n) is 6.84. The molecule has 0 bridgehead atoms. The molecule has 3 heterocycles. The average Bonchev–Trinajstić information content (AvgIpc) is 3.30. The molecule has 0 saturated carbocycles. The van der Waals surface area contributed by atoms with Crippen molar-refractivity contribution in [2.45, 2.75) is 26.2 Å². The zero-order valence-corrected chi connectivity index (χ0v) is 14.7. The number of aryl methyl sites for hydroxylation is 1. The summed E-state index contributed by atoms with van der Waals surface area (Å²) in [6.45, 7) is 3.53. The Morgan fingerprint density at radius 1 is 1.46 bits per heavy atom. The van der Waals surface area contributed by atoms with Gasteiger partial charge >= 0.3 is 0 Å². The van der Waals surface area contributed by atoms with E-state index in [-0.39, 0.29) is 11.7 Å². The maximum atomic E-state index is 12.4. The number of oxazole rings is 1. The number of H-pyrrole nitrogens is 1. The Kier molecular flexibility index (Phi) is 4.21. The van der Waals surface area contributed by atoms with Gasteiger partial charge in [-0.05, 0) is 37.0 Å². The molecule has 1 N–H and O–H groups in total. The summed E-state index contributed by atoms with van der Waals surface area (Å²) in [6, 6.07) is 8.12. The number of carbonyl (C=O) groups excluding carboxylic acids is 1. The molecule has 0 aliphatic carbocycles. The first-order valence-electron chi connectivity index (χ1n) is 8.86. The van der Waals surface area contributed by atoms with Crippen molar-refractivity contribution in [2.24, 2.45) is 5.92 Å². The summed E-state index contributed by atoms with van der Waals surface area (Å²) < 4.78 is 5.15. The Bertz CT molecular complexity index is 995. The molecule has 132 valence electrons. The molecule has 1 saturated heterocycles. The van der Waals surface area contributed by atoms with Gasteiger partial charge in [0.1, 0.15) is 18.0 Å². The van der Waals surface area contributed by atoms with Gasteiger partial charge in [0.25, 0.3) is 0 Å². The number of fused-ring (bicyclic) bond motifs is 1. The molecule has 0 radical (unpaired) electrons. The highest BCUT2D eigenvalue weighted by molar-refractivity contribution is 5.96. The first-order chi connectivity index (χ1) is 12.7. The molecule has 3 aromatic rings. The first-order valence-corrected chi connectivity index (χ1v) is 8.86. The molecule has 1 aliphatic rings. The fraction of sp³-hybridized carbons (Fsp3) is 0.350. The van der Waals surface area contributed by atoms with Gasteiger partial charge in [0, 0.05) is 43.7 Å². The summed E-state index contributed by atoms with van der Waals surface area (Å²) in [5.74, 6) is 0.851. The molecule has 6 nitrogen and oxygen atoms in total. The van der Waals surface area contributed by atoms with E-state index in [0.717, 1.165) is 42.5 Å². The van der Waals surface area contributed by atoms with Crippen LogP contribution in [0.3, 0.4) is 0 Å². The minimum atomic E-state index is 0.0420. The lowest BCUT2D eigenvalue weighted by Crippen LogP contribution is -2.36. The summed E-state index contributed by atoms with van der Waals surface area (Å²) in [7, 11) is 0. The van der Waals surface area contributed by atoms with E-state index in [1.807, 2.05) is 24.4 Å². The van der Waals surface area contributed by atoms with Crippen molar-refractivity contribution in [3.8, 4) is 6.07 Å². The second kappa shape index (κ2) is 6.68. The zero-order valence-electron chi connectivity index (χ0n) is 14.7. The molecule has 1 fully saturated rings. The van der Waals surface area contributed by atoms with Crippen molar-refractivity contribution in [3.05, 3.63) is 47.8 Å². The van der Waals surface area contributed by atoms with Gasteiger partial charge in [-0.3, -0.25) is 4.79 Å². The van der Waals surface area contributed by atoms with Crippen LogP contribution < -0.4 is 4.90 Å². The lowest BCUT2D eigenvalue weighted by Gasteiger charge is -2.34. The summed E-state index contributed by atoms with van der Waals surface area (Å²) in [5.41, 5.74) is 3.07. The van der Waals surface area contributed by atoms with Crippen molar-refractivity contribution in [1.82, 2.24) is 9.97 Å². The van der Waals surface area contributed by atoms with Crippen LogP contribution >= 0.6 is 0 Å². The molecular weight excluding hydrogens is 328 g/mol. The van der Waals surface area contributed by atoms with Crippen LogP contribution in [0.1, 0.15) is 41.2 Å². The minimum Gasteiger partial charge on any atom is -0.449 e. The van der Waals surface area contributed by atoms with E-state index in [4.69, 9.17) is 4.42 Å². The fourth-order valence-electron chi connectivity index (χ4n) is 3.82. The van der Waals surface area contributed by atoms with Gasteiger partial charge in [-0.25, -0.2) is 4.98 Å². The summed E-state index contributed by atoms with van der Waals surface area (Å²) in [4.78, 5) is 22.1. The number of piperidine rings is 1. The Morgan fingerprint density at radius 2 is 2.35 bits per heavy atom. The van der Waals surface area contributed by atoms with Crippen LogP contribution in [0.4, 0.5) is 5.69 Å². The number of ketones is 1. The van der Waals surface area contributed by atoms with Crippen LogP contribution in [0.2, 0.25) is 0 Å². The number of nitrogens with zero attached hydrogens (tertiary/aromatic N) is 3. The molecule has 2 aromatic heterocycles. The normalized spacial score (nSPS) is 17.4. The van der Waals surface area contributed by atoms with Gasteiger partial charge in [-0.15, -0.1) is 0 Å². The zero-order chi connectivity index (χ0) is 18.1. The number of aromatic amines is 1. The summed E-state index contributed by atoms with van der Waals surface area (Å²) in [6.07, 6.45) is 5.87. The highest BCUT2D eigenvalue weighted by Gasteiger charge is 2.25. The minimum absolute atomic E-state index is 0.0420. The van der Waals surface area contributed by atoms with Crippen LogP contribution in [0.25, 0.3) is 10.9 Å². The van der Waals surface area contributed by atoms with Gasteiger partial charge in [0.15, 0.2) is 11.7 Å². The molecule has 1 aromatic carbocycles. The van der Waals surface area contributed by atoms with Gasteiger partial charge in [-0.2, -0.15) is 5.26 Å². The quantitative estimate of drug-likeness (QED) is 0.724. The molecule has 1 atom stereocenters. The van der Waals surface area contributed by atoms with Crippen LogP contribution in [0.5, 0.6) is 0 Å². The number of aromatic nitrogens is 2. The monoisotopic (exact) mass is 348 g/mol. The third-order valence-corrected chi connectivity index (χ3v) is 5.06. The topological polar surface area (TPSA) is 85.9 Å². The SMILES string of the molecule is Cc1nc(C(=O)C[C@@H]2CCCN(c3ccc(C#N)c4[nH]ccc34)C2)co1. The highest BCUT2D eigenvalue weighted by atomic mass is 16.3. The number of carbonyl (C=O) groups is 1. The van der Waals surface area contributed by atoms with Crippen molar-refractivity contribution in [3.63, 3.8) is 0 Å². The molecular formula is C20H20N4O2. The highest BCUT2D eigenvalue weighted by Crippen LogP contribution is 2.32. The summed E-state index contributed by atoms with van der Waals surface area (Å²) >= 11 is 0. The Balaban J connectivity index is 1.53. The molecule has 0 unspecified atom stereocenters. The predicted molar refractivity (Wildman–Crippen MR) is 98.1 cm³/mol. The number of anilines is 1. The van der Waals surface area contributed by atoms with Crippen LogP contribution in [-0.4, -0.2) is 28.8 Å². The van der Waals surface area contributed by atoms with E-state index in [9.17, 15) is 10.1 Å². The third-order valence-electron chi connectivity index (χ3n) is 5.06. The van der Waals surface area contributed by atoms with Crippen molar-refractivity contribution in [2.75, 3.05) is 18.0 Å². The number of rotatable bonds is 4. The number of benzene rings is 1. The van der Waals surface area contributed by atoms with E-state index in [1.165, 1.54) is 6.26 Å². The number of Topliss-reactive ketones (excluding diaryl/α,β-unsaturated/α-hetero) is 1. The molecule has 0 spiro atoms. The lowest BCUT2D eigenvalue weighted by molar-refractivity contribution is 0.0952. The smallest absolute Gasteiger partial charge is 0.191 e. The molecule has 4 rings (SSSR count). The van der Waals surface area contributed by atoms with Gasteiger partial charge in [0.2, 0.25) is 0 Å². The standard InChI is InChI=1S/C20H20N4O2/c1-13-23-17(12-26-13)19(25)9-14-3-2-8-24(11-14)18-5-4-15(10-21)20-16(18)6-7-22-20/h4-7,12,14,22H,2-3,8-9,11H2,1H3/t14-/m0/s1. The summed E-state index contributed by atoms with van der Waals surface area (Å²) in [5, 5.41) is 10.3. The van der Waals surface area contributed by atoms with Crippen LogP contribution in [0.15, 0.2) is 35.1 Å². The largest absolute Gasteiger partial charge is 0.449 e. The predicted octanol–water partition coefficient (Wildman–Crippen LogP) is 3.83. The Labute approximate surface area is 151 Å². The number of nitriles is 1. The Morgan fingerprint density at radius 3 is 3.12 bits per heavy atom. The Hall–Kier alpha value is -3.07. The number of nitrogens with one attached hydrogen (secondary N) is 1. The maximum absolute atomic E-state index is 12.4. The number of hydrogen-bond donors (Lipinski definition) is 1. The van der Waals surface area contributed by atoms with Gasteiger partial charge in [-0.1, -0.05) is 0 Å². The van der Waals surface area contributed by atoms with Gasteiger partial charge < -0.3 is 14.3 Å². The van der Waals surface area contributed by atoms with Crippen LogP contribution in [-0.2, 0) is 0 Å². The van der Waals surface area contributed by atoms with E-state index in [1.54, 1.807) is 6.92 Å². The van der Waals surface area contributed by atoms with Crippen molar-refractivity contribution < 1.29 is 9.21 Å². The molecule has 0 amide bonds. The molecule has 6 heteroatoms. The molecule has 1 aliphatic heterocycles. The number of hydrogen-bond acceptors (Lipinski definition) is 5. The van der Waals surface area contributed by atoms with Gasteiger partial charge in [0.05, 0.1) is 11.1 Å². The van der Waals surface area contributed by atoms with Crippen LogP contribution in [0, 0.1) is 24.2 Å². The lowest BCUT2D eigenvalue weighted by atomic mass is 9.91. The van der Waals surface area contributed by atoms with E-state index < -0.39 is 0 Å². The third kappa shape index (κ3) is 2.97. The average molecular weight is 348 g/mol. The molecule has 26 heavy (non-hydrogen) atoms. The first kappa shape index (κ1) is 16.4. The second-order valence-corrected chi connectivity index (χ2v) is 6.84. The fourth-order valence-corrected chi connectivity index (χ4v) is 3.82.